The maximum absolute atomic E-state index is 12.6. The molecule has 0 saturated carbocycles. The van der Waals surface area contributed by atoms with Crippen molar-refractivity contribution in [3.63, 3.8) is 0 Å². The predicted molar refractivity (Wildman–Crippen MR) is 107 cm³/mol. The monoisotopic (exact) mass is 365 g/mol. The third kappa shape index (κ3) is 3.67. The van der Waals surface area contributed by atoms with E-state index in [9.17, 15) is 4.79 Å². The van der Waals surface area contributed by atoms with Crippen LogP contribution in [0.2, 0.25) is 0 Å². The van der Waals surface area contributed by atoms with E-state index in [4.69, 9.17) is 14.2 Å². The van der Waals surface area contributed by atoms with Crippen molar-refractivity contribution in [3.05, 3.63) is 77.1 Å². The number of methoxy groups -OCH3 is 2. The lowest BCUT2D eigenvalue weighted by molar-refractivity contribution is 0.352. The molecule has 0 N–H and O–H groups in total. The molecule has 5 heteroatoms. The van der Waals surface area contributed by atoms with E-state index in [0.717, 1.165) is 28.8 Å². The van der Waals surface area contributed by atoms with Gasteiger partial charge in [0.15, 0.2) is 11.5 Å². The molecular weight excluding hydrogens is 342 g/mol. The smallest absolute Gasteiger partial charge is 0.254 e. The zero-order chi connectivity index (χ0) is 19.4. The lowest BCUT2D eigenvalue weighted by Crippen LogP contribution is -2.25. The Hall–Kier alpha value is -3.21. The number of hydrogen-bond donors (Lipinski definition) is 0. The minimum atomic E-state index is -0.0872. The Morgan fingerprint density at radius 2 is 1.89 bits per heavy atom. The van der Waals surface area contributed by atoms with Crippen LogP contribution in [0.3, 0.4) is 0 Å². The molecule has 0 radical (unpaired) electrons. The molecule has 0 spiro atoms. The molecule has 0 amide bonds. The van der Waals surface area contributed by atoms with Gasteiger partial charge in [-0.1, -0.05) is 31.4 Å². The average molecular weight is 365 g/mol. The number of fused-ring (bicyclic) bond motifs is 3. The highest BCUT2D eigenvalue weighted by Crippen LogP contribution is 2.38. The van der Waals surface area contributed by atoms with Gasteiger partial charge >= 0.3 is 0 Å². The summed E-state index contributed by atoms with van der Waals surface area (Å²) >= 11 is 0. The van der Waals surface area contributed by atoms with E-state index in [1.165, 1.54) is 6.07 Å². The summed E-state index contributed by atoms with van der Waals surface area (Å²) in [5.74, 6) is 1.83. The van der Waals surface area contributed by atoms with E-state index >= 15 is 0 Å². The van der Waals surface area contributed by atoms with Gasteiger partial charge in [0.05, 0.1) is 19.9 Å². The van der Waals surface area contributed by atoms with Gasteiger partial charge in [-0.3, -0.25) is 4.79 Å². The lowest BCUT2D eigenvalue weighted by Gasteiger charge is -2.24. The second-order valence-corrected chi connectivity index (χ2v) is 6.15. The molecule has 27 heavy (non-hydrogen) atoms. The number of hydrogen-bond acceptors (Lipinski definition) is 4. The van der Waals surface area contributed by atoms with Crippen molar-refractivity contribution < 1.29 is 14.2 Å². The second-order valence-electron chi connectivity index (χ2n) is 6.15. The molecule has 2 aromatic rings. The van der Waals surface area contributed by atoms with Crippen LogP contribution in [0, 0.1) is 0 Å². The first-order valence-electron chi connectivity index (χ1n) is 8.68. The third-order valence-electron chi connectivity index (χ3n) is 4.59. The van der Waals surface area contributed by atoms with Crippen molar-refractivity contribution >= 4 is 0 Å². The largest absolute Gasteiger partial charge is 0.493 e. The van der Waals surface area contributed by atoms with Gasteiger partial charge in [0.2, 0.25) is 0 Å². The molecule has 0 atom stereocenters. The number of benzene rings is 1. The number of aryl methyl sites for hydroxylation is 1. The van der Waals surface area contributed by atoms with E-state index in [2.05, 4.69) is 13.2 Å². The maximum Gasteiger partial charge on any atom is 0.254 e. The van der Waals surface area contributed by atoms with Crippen LogP contribution in [0.15, 0.2) is 66.0 Å². The molecule has 1 aromatic carbocycles. The van der Waals surface area contributed by atoms with Gasteiger partial charge in [-0.2, -0.15) is 0 Å². The van der Waals surface area contributed by atoms with Crippen LogP contribution in [0.1, 0.15) is 5.56 Å². The van der Waals surface area contributed by atoms with Crippen LogP contribution in [0.4, 0.5) is 0 Å². The van der Waals surface area contributed by atoms with Crippen LogP contribution < -0.4 is 19.8 Å². The highest BCUT2D eigenvalue weighted by atomic mass is 16.5. The van der Waals surface area contributed by atoms with Crippen LogP contribution >= 0.6 is 0 Å². The van der Waals surface area contributed by atoms with Gasteiger partial charge in [-0.05, 0) is 29.7 Å². The normalized spacial score (nSPS) is 12.6. The van der Waals surface area contributed by atoms with Gasteiger partial charge in [-0.25, -0.2) is 0 Å². The average Bonchev–Trinajstić information content (AvgIpc) is 2.69. The number of pyridine rings is 1. The summed E-state index contributed by atoms with van der Waals surface area (Å²) in [7, 11) is 3.22. The van der Waals surface area contributed by atoms with Gasteiger partial charge in [0, 0.05) is 24.2 Å². The van der Waals surface area contributed by atoms with Gasteiger partial charge < -0.3 is 18.8 Å². The summed E-state index contributed by atoms with van der Waals surface area (Å²) in [5, 5.41) is 0. The first-order chi connectivity index (χ1) is 13.1. The molecule has 0 aliphatic carbocycles. The highest BCUT2D eigenvalue weighted by Gasteiger charge is 2.21. The molecule has 140 valence electrons. The summed E-state index contributed by atoms with van der Waals surface area (Å²) in [6.07, 6.45) is 5.97. The van der Waals surface area contributed by atoms with E-state index < -0.39 is 0 Å². The molecule has 1 aliphatic heterocycles. The number of nitrogens with zero attached hydrogens (tertiary/aromatic N) is 1. The Balaban J connectivity index is 2.03. The SMILES string of the molecule is C=C/C=C(\C=C)COc1cc2n(c(=O)c1)CCc1cc(OC)c(OC)cc1-2. The minimum absolute atomic E-state index is 0.0872. The zero-order valence-corrected chi connectivity index (χ0v) is 15.7. The van der Waals surface area contributed by atoms with Crippen molar-refractivity contribution in [2.75, 3.05) is 20.8 Å². The van der Waals surface area contributed by atoms with Gasteiger partial charge in [-0.15, -0.1) is 0 Å². The zero-order valence-electron chi connectivity index (χ0n) is 15.7. The van der Waals surface area contributed by atoms with E-state index in [1.807, 2.05) is 24.3 Å². The van der Waals surface area contributed by atoms with Crippen molar-refractivity contribution in [2.45, 2.75) is 13.0 Å². The van der Waals surface area contributed by atoms with Crippen molar-refractivity contribution in [1.29, 1.82) is 0 Å². The molecule has 3 rings (SSSR count). The number of allylic oxidation sites excluding steroid dienone is 2. The fourth-order valence-corrected chi connectivity index (χ4v) is 3.20. The van der Waals surface area contributed by atoms with Crippen LogP contribution in [-0.2, 0) is 13.0 Å². The van der Waals surface area contributed by atoms with Crippen LogP contribution in [-0.4, -0.2) is 25.4 Å². The first kappa shape index (κ1) is 18.6. The second kappa shape index (κ2) is 7.99. The molecule has 1 aliphatic rings. The highest BCUT2D eigenvalue weighted by molar-refractivity contribution is 5.71. The molecular formula is C22H23NO4. The summed E-state index contributed by atoms with van der Waals surface area (Å²) in [5.41, 5.74) is 3.67. The summed E-state index contributed by atoms with van der Waals surface area (Å²) in [6, 6.07) is 7.29. The van der Waals surface area contributed by atoms with Gasteiger partial charge in [0.25, 0.3) is 5.56 Å². The summed E-state index contributed by atoms with van der Waals surface area (Å²) in [4.78, 5) is 12.6. The summed E-state index contributed by atoms with van der Waals surface area (Å²) < 4.78 is 18.4. The van der Waals surface area contributed by atoms with E-state index in [-0.39, 0.29) is 5.56 Å². The third-order valence-corrected chi connectivity index (χ3v) is 4.59. The van der Waals surface area contributed by atoms with Crippen molar-refractivity contribution in [3.8, 4) is 28.5 Å². The fourth-order valence-electron chi connectivity index (χ4n) is 3.20. The number of rotatable bonds is 7. The Morgan fingerprint density at radius 1 is 1.15 bits per heavy atom. The topological polar surface area (TPSA) is 49.7 Å². The molecule has 0 bridgehead atoms. The lowest BCUT2D eigenvalue weighted by atomic mass is 9.96. The fraction of sp³-hybridized carbons (Fsp3) is 0.227. The Morgan fingerprint density at radius 3 is 2.56 bits per heavy atom. The predicted octanol–water partition coefficient (Wildman–Crippen LogP) is 3.77. The molecule has 0 saturated heterocycles. The van der Waals surface area contributed by atoms with Gasteiger partial charge in [0.1, 0.15) is 12.4 Å². The first-order valence-corrected chi connectivity index (χ1v) is 8.68. The Labute approximate surface area is 158 Å². The molecule has 2 heterocycles. The number of ether oxygens (including phenoxy) is 3. The molecule has 0 unspecified atom stereocenters. The Bertz CT molecular complexity index is 969. The molecule has 0 fully saturated rings. The number of aromatic nitrogens is 1. The summed E-state index contributed by atoms with van der Waals surface area (Å²) in [6.45, 7) is 8.37. The van der Waals surface area contributed by atoms with Crippen molar-refractivity contribution in [2.24, 2.45) is 0 Å². The Kier molecular flexibility index (Phi) is 5.50. The quantitative estimate of drug-likeness (QED) is 0.701. The minimum Gasteiger partial charge on any atom is -0.493 e. The van der Waals surface area contributed by atoms with Crippen molar-refractivity contribution in [1.82, 2.24) is 4.57 Å². The van der Waals surface area contributed by atoms with E-state index in [0.29, 0.717) is 30.4 Å². The van der Waals surface area contributed by atoms with Crippen LogP contribution in [0.5, 0.6) is 17.2 Å². The maximum atomic E-state index is 12.6. The molecule has 1 aromatic heterocycles. The van der Waals surface area contributed by atoms with E-state index in [1.54, 1.807) is 30.9 Å². The standard InChI is InChI=1S/C22H23NO4/c1-5-7-15(6-2)14-27-17-11-19-18-13-21(26-4)20(25-3)10-16(18)8-9-23(19)22(24)12-17/h5-7,10-13H,1-2,8-9,14H2,3-4H3/b15-7+. The molecule has 5 nitrogen and oxygen atoms in total. The van der Waals surface area contributed by atoms with Crippen LogP contribution in [0.25, 0.3) is 11.3 Å².